The van der Waals surface area contributed by atoms with Gasteiger partial charge in [-0.25, -0.2) is 4.79 Å². The number of hydrogen-bond acceptors (Lipinski definition) is 6. The van der Waals surface area contributed by atoms with Crippen LogP contribution in [0.15, 0.2) is 0 Å². The van der Waals surface area contributed by atoms with Gasteiger partial charge in [0, 0.05) is 18.4 Å². The van der Waals surface area contributed by atoms with E-state index in [2.05, 4.69) is 10.6 Å². The first-order chi connectivity index (χ1) is 8.38. The second-order valence-corrected chi connectivity index (χ2v) is 5.89. The molecule has 0 rings (SSSR count). The smallest absolute Gasteiger partial charge is 0.327 e. The molecule has 7 nitrogen and oxygen atoms in total. The van der Waals surface area contributed by atoms with E-state index in [0.717, 1.165) is 0 Å². The summed E-state index contributed by atoms with van der Waals surface area (Å²) >= 11 is 0. The Morgan fingerprint density at radius 1 is 1.06 bits per heavy atom. The fourth-order valence-electron chi connectivity index (χ4n) is 0.930. The van der Waals surface area contributed by atoms with E-state index >= 15 is 0 Å². The highest BCUT2D eigenvalue weighted by atomic mass is 33.1. The molecule has 0 aromatic heterocycles. The molecule has 0 radical (unpaired) electrons. The molecule has 0 aliphatic rings. The van der Waals surface area contributed by atoms with E-state index in [1.165, 1.54) is 28.5 Å². The first-order valence-electron chi connectivity index (χ1n) is 5.02. The lowest BCUT2D eigenvalue weighted by Gasteiger charge is -2.13. The van der Waals surface area contributed by atoms with Gasteiger partial charge in [0.1, 0.15) is 12.1 Å². The van der Waals surface area contributed by atoms with Crippen molar-refractivity contribution in [1.29, 1.82) is 0 Å². The van der Waals surface area contributed by atoms with Crippen LogP contribution in [0.3, 0.4) is 0 Å². The van der Waals surface area contributed by atoms with Crippen LogP contribution in [0.1, 0.15) is 6.92 Å². The third kappa shape index (κ3) is 7.41. The number of aliphatic carboxylic acids is 2. The van der Waals surface area contributed by atoms with Crippen LogP contribution in [-0.4, -0.2) is 58.7 Å². The van der Waals surface area contributed by atoms with Gasteiger partial charge in [-0.2, -0.15) is 0 Å². The number of amides is 1. The van der Waals surface area contributed by atoms with Crippen molar-refractivity contribution in [3.63, 3.8) is 0 Å². The van der Waals surface area contributed by atoms with Crippen LogP contribution in [-0.2, 0) is 14.4 Å². The highest BCUT2D eigenvalue weighted by molar-refractivity contribution is 8.76. The van der Waals surface area contributed by atoms with E-state index in [4.69, 9.17) is 10.2 Å². The normalized spacial score (nSPS) is 13.7. The molecule has 18 heavy (non-hydrogen) atoms. The van der Waals surface area contributed by atoms with Gasteiger partial charge in [0.05, 0.1) is 0 Å². The predicted molar refractivity (Wildman–Crippen MR) is 70.6 cm³/mol. The first-order valence-corrected chi connectivity index (χ1v) is 7.51. The number of hydrogen-bond donors (Lipinski definition) is 4. The van der Waals surface area contributed by atoms with E-state index in [1.807, 2.05) is 0 Å². The van der Waals surface area contributed by atoms with Crippen LogP contribution >= 0.6 is 21.6 Å². The minimum absolute atomic E-state index is 0.176. The fraction of sp³-hybridized carbons (Fsp3) is 0.667. The van der Waals surface area contributed by atoms with Crippen LogP contribution in [0.25, 0.3) is 0 Å². The van der Waals surface area contributed by atoms with Gasteiger partial charge in [-0.15, -0.1) is 0 Å². The van der Waals surface area contributed by atoms with E-state index < -0.39 is 29.9 Å². The average molecular weight is 296 g/mol. The van der Waals surface area contributed by atoms with Gasteiger partial charge in [-0.3, -0.25) is 9.59 Å². The minimum atomic E-state index is -1.11. The molecular formula is C9H16N2O5S2. The number of carbonyl (C=O) groups is 3. The summed E-state index contributed by atoms with van der Waals surface area (Å²) < 4.78 is 0. The molecule has 0 heterocycles. The van der Waals surface area contributed by atoms with Gasteiger partial charge in [0.25, 0.3) is 0 Å². The van der Waals surface area contributed by atoms with Gasteiger partial charge in [-0.1, -0.05) is 21.6 Å². The maximum Gasteiger partial charge on any atom is 0.327 e. The highest BCUT2D eigenvalue weighted by Crippen LogP contribution is 2.23. The van der Waals surface area contributed by atoms with Crippen molar-refractivity contribution in [1.82, 2.24) is 10.6 Å². The van der Waals surface area contributed by atoms with E-state index in [9.17, 15) is 14.4 Å². The lowest BCUT2D eigenvalue weighted by atomic mass is 10.3. The van der Waals surface area contributed by atoms with Crippen LogP contribution in [0.2, 0.25) is 0 Å². The number of rotatable bonds is 9. The van der Waals surface area contributed by atoms with Gasteiger partial charge >= 0.3 is 11.9 Å². The molecule has 4 N–H and O–H groups in total. The molecule has 104 valence electrons. The van der Waals surface area contributed by atoms with Crippen LogP contribution < -0.4 is 10.6 Å². The monoisotopic (exact) mass is 296 g/mol. The number of carboxylic acid groups (broad SMARTS) is 2. The van der Waals surface area contributed by atoms with Crippen molar-refractivity contribution in [3.8, 4) is 0 Å². The Hall–Kier alpha value is -0.930. The standard InChI is InChI=1S/C9H16N2O5S2/c1-5(12)11-7(9(15)16)4-18-17-3-6(10-2)8(13)14/h6-7,10H,3-4H2,1-2H3,(H,11,12)(H,13,14)(H,15,16). The second kappa shape index (κ2) is 9.06. The van der Waals surface area contributed by atoms with Gasteiger partial charge < -0.3 is 20.8 Å². The highest BCUT2D eigenvalue weighted by Gasteiger charge is 2.19. The van der Waals surface area contributed by atoms with Crippen molar-refractivity contribution in [2.24, 2.45) is 0 Å². The van der Waals surface area contributed by atoms with Crippen LogP contribution in [0.5, 0.6) is 0 Å². The quantitative estimate of drug-likeness (QED) is 0.336. The third-order valence-electron chi connectivity index (χ3n) is 1.87. The Bertz CT molecular complexity index is 313. The molecule has 2 unspecified atom stereocenters. The summed E-state index contributed by atoms with van der Waals surface area (Å²) in [6.45, 7) is 1.25. The van der Waals surface area contributed by atoms with Crippen LogP contribution in [0.4, 0.5) is 0 Å². The average Bonchev–Trinajstić information content (AvgIpc) is 2.26. The summed E-state index contributed by atoms with van der Waals surface area (Å²) in [4.78, 5) is 32.2. The Kier molecular flexibility index (Phi) is 8.59. The summed E-state index contributed by atoms with van der Waals surface area (Å²) in [6.07, 6.45) is 0. The fourth-order valence-corrected chi connectivity index (χ4v) is 3.32. The second-order valence-electron chi connectivity index (χ2n) is 3.34. The molecule has 0 aromatic rings. The molecule has 0 spiro atoms. The third-order valence-corrected chi connectivity index (χ3v) is 4.30. The molecule has 2 atom stereocenters. The zero-order valence-corrected chi connectivity index (χ0v) is 11.6. The summed E-state index contributed by atoms with van der Waals surface area (Å²) in [5, 5.41) is 22.5. The molecular weight excluding hydrogens is 280 g/mol. The first kappa shape index (κ1) is 17.1. The summed E-state index contributed by atoms with van der Waals surface area (Å²) in [7, 11) is 4.00. The number of nitrogens with one attached hydrogen (secondary N) is 2. The molecule has 0 saturated carbocycles. The largest absolute Gasteiger partial charge is 0.480 e. The lowest BCUT2D eigenvalue weighted by Crippen LogP contribution is -2.41. The predicted octanol–water partition coefficient (Wildman–Crippen LogP) is -0.370. The summed E-state index contributed by atoms with van der Waals surface area (Å²) in [5.41, 5.74) is 0. The molecule has 0 fully saturated rings. The molecule has 9 heteroatoms. The summed E-state index contributed by atoms with van der Waals surface area (Å²) in [6, 6.07) is -1.63. The van der Waals surface area contributed by atoms with E-state index in [1.54, 1.807) is 7.05 Å². The van der Waals surface area contributed by atoms with Gasteiger partial charge in [0.2, 0.25) is 5.91 Å². The van der Waals surface area contributed by atoms with E-state index in [-0.39, 0.29) is 5.75 Å². The Labute approximate surface area is 112 Å². The lowest BCUT2D eigenvalue weighted by molar-refractivity contribution is -0.141. The number of likely N-dealkylation sites (N-methyl/N-ethyl adjacent to an activating group) is 1. The van der Waals surface area contributed by atoms with Gasteiger partial charge in [0.15, 0.2) is 0 Å². The van der Waals surface area contributed by atoms with Crippen molar-refractivity contribution >= 4 is 39.4 Å². The van der Waals surface area contributed by atoms with E-state index in [0.29, 0.717) is 5.75 Å². The molecule has 1 amide bonds. The van der Waals surface area contributed by atoms with Gasteiger partial charge in [-0.05, 0) is 7.05 Å². The SMILES string of the molecule is CNC(CSSCC(NC(C)=O)C(=O)O)C(=O)O. The van der Waals surface area contributed by atoms with Crippen molar-refractivity contribution in [3.05, 3.63) is 0 Å². The Morgan fingerprint density at radius 2 is 1.50 bits per heavy atom. The molecule has 0 saturated heterocycles. The molecule has 0 aromatic carbocycles. The van der Waals surface area contributed by atoms with Crippen molar-refractivity contribution < 1.29 is 24.6 Å². The minimum Gasteiger partial charge on any atom is -0.480 e. The zero-order chi connectivity index (χ0) is 14.1. The van der Waals surface area contributed by atoms with Crippen LogP contribution in [0, 0.1) is 0 Å². The zero-order valence-electron chi connectivity index (χ0n) is 10.0. The molecule has 0 bridgehead atoms. The Morgan fingerprint density at radius 3 is 1.83 bits per heavy atom. The molecule has 0 aliphatic carbocycles. The topological polar surface area (TPSA) is 116 Å². The molecule has 0 aliphatic heterocycles. The Balaban J connectivity index is 3.96. The van der Waals surface area contributed by atoms with Crippen molar-refractivity contribution in [2.75, 3.05) is 18.6 Å². The van der Waals surface area contributed by atoms with Crippen molar-refractivity contribution in [2.45, 2.75) is 19.0 Å². The maximum atomic E-state index is 10.8. The number of carbonyl (C=O) groups excluding carboxylic acids is 1. The maximum absolute atomic E-state index is 10.8. The number of carboxylic acids is 2. The summed E-state index contributed by atoms with van der Waals surface area (Å²) in [5.74, 6) is -1.99.